The van der Waals surface area contributed by atoms with E-state index in [1.54, 1.807) is 0 Å². The largest absolute Gasteiger partial charge is 0.138 e. The topological polar surface area (TPSA) is 0 Å². The first kappa shape index (κ1) is 10.1. The monoisotopic (exact) mass is 236 g/mol. The molecule has 0 N–H and O–H groups in total. The van der Waals surface area contributed by atoms with E-state index >= 15 is 0 Å². The lowest BCUT2D eigenvalue weighted by Gasteiger charge is -2.22. The zero-order chi connectivity index (χ0) is 10.1. The van der Waals surface area contributed by atoms with Crippen LogP contribution in [-0.4, -0.2) is 10.5 Å². The molecule has 1 saturated carbocycles. The molecule has 2 fully saturated rings. The van der Waals surface area contributed by atoms with Gasteiger partial charge in [-0.25, -0.2) is 0 Å². The average molecular weight is 236 g/mol. The van der Waals surface area contributed by atoms with Crippen molar-refractivity contribution < 1.29 is 0 Å². The molecule has 2 atom stereocenters. The Bertz CT molecular complexity index is 309. The van der Waals surface area contributed by atoms with Crippen molar-refractivity contribution >= 4 is 23.5 Å². The number of rotatable bonds is 1. The van der Waals surface area contributed by atoms with Gasteiger partial charge >= 0.3 is 0 Å². The second kappa shape index (κ2) is 4.42. The van der Waals surface area contributed by atoms with Crippen molar-refractivity contribution in [3.8, 4) is 0 Å². The van der Waals surface area contributed by atoms with Crippen LogP contribution in [0.5, 0.6) is 0 Å². The Balaban J connectivity index is 1.75. The third-order valence-electron chi connectivity index (χ3n) is 3.31. The van der Waals surface area contributed by atoms with Gasteiger partial charge in [0.2, 0.25) is 0 Å². The lowest BCUT2D eigenvalue weighted by atomic mass is 10.00. The van der Waals surface area contributed by atoms with Gasteiger partial charge in [-0.15, -0.1) is 23.5 Å². The number of benzene rings is 1. The highest BCUT2D eigenvalue weighted by atomic mass is 32.2. The fourth-order valence-electron chi connectivity index (χ4n) is 2.49. The van der Waals surface area contributed by atoms with E-state index in [9.17, 15) is 0 Å². The van der Waals surface area contributed by atoms with Crippen LogP contribution in [0.15, 0.2) is 30.3 Å². The number of fused-ring (bicyclic) bond motifs is 1. The second-order valence-corrected chi connectivity index (χ2v) is 7.37. The smallest absolute Gasteiger partial charge is 0.0757 e. The maximum Gasteiger partial charge on any atom is 0.0757 e. The molecular formula is C13H16S2. The van der Waals surface area contributed by atoms with E-state index in [4.69, 9.17) is 0 Å². The first-order valence-electron chi connectivity index (χ1n) is 5.79. The normalized spacial score (nSPS) is 35.1. The van der Waals surface area contributed by atoms with Crippen molar-refractivity contribution in [2.24, 2.45) is 0 Å². The van der Waals surface area contributed by atoms with Crippen molar-refractivity contribution in [2.45, 2.75) is 40.8 Å². The van der Waals surface area contributed by atoms with Gasteiger partial charge in [-0.1, -0.05) is 43.2 Å². The Morgan fingerprint density at radius 2 is 1.47 bits per heavy atom. The van der Waals surface area contributed by atoms with Crippen LogP contribution in [0.1, 0.15) is 35.8 Å². The quantitative estimate of drug-likeness (QED) is 0.705. The van der Waals surface area contributed by atoms with Gasteiger partial charge in [-0.3, -0.25) is 0 Å². The molecule has 2 heteroatoms. The maximum atomic E-state index is 2.28. The van der Waals surface area contributed by atoms with Crippen molar-refractivity contribution in [3.63, 3.8) is 0 Å². The van der Waals surface area contributed by atoms with Gasteiger partial charge in [-0.2, -0.15) is 0 Å². The highest BCUT2D eigenvalue weighted by molar-refractivity contribution is 8.20. The summed E-state index contributed by atoms with van der Waals surface area (Å²) in [7, 11) is 0. The minimum absolute atomic E-state index is 0.708. The molecule has 2 aliphatic rings. The molecule has 0 amide bonds. The van der Waals surface area contributed by atoms with E-state index in [1.165, 1.54) is 31.2 Å². The van der Waals surface area contributed by atoms with Crippen LogP contribution in [-0.2, 0) is 0 Å². The molecule has 2 unspecified atom stereocenters. The fraction of sp³-hybridized carbons (Fsp3) is 0.538. The lowest BCUT2D eigenvalue weighted by molar-refractivity contribution is 0.532. The third kappa shape index (κ3) is 2.07. The molecule has 3 rings (SSSR count). The van der Waals surface area contributed by atoms with Gasteiger partial charge in [0, 0.05) is 10.5 Å². The Hall–Kier alpha value is -0.0800. The van der Waals surface area contributed by atoms with Crippen molar-refractivity contribution in [1.82, 2.24) is 0 Å². The van der Waals surface area contributed by atoms with E-state index < -0.39 is 0 Å². The minimum atomic E-state index is 0.708. The van der Waals surface area contributed by atoms with E-state index in [0.717, 1.165) is 10.5 Å². The molecule has 0 aromatic heterocycles. The standard InChI is InChI=1S/C13H16S2/c1-2-6-10(7-3-1)13-14-11-8-4-5-9-12(11)15-13/h1-3,6-7,11-13H,4-5,8-9H2. The van der Waals surface area contributed by atoms with Crippen LogP contribution in [0.25, 0.3) is 0 Å². The molecule has 0 radical (unpaired) electrons. The number of hydrogen-bond acceptors (Lipinski definition) is 2. The fourth-order valence-corrected chi connectivity index (χ4v) is 6.48. The van der Waals surface area contributed by atoms with E-state index in [1.807, 2.05) is 0 Å². The molecule has 1 heterocycles. The van der Waals surface area contributed by atoms with E-state index in [2.05, 4.69) is 53.9 Å². The Morgan fingerprint density at radius 3 is 2.07 bits per heavy atom. The first-order chi connectivity index (χ1) is 7.43. The molecule has 1 aromatic carbocycles. The molecule has 80 valence electrons. The summed E-state index contributed by atoms with van der Waals surface area (Å²) in [5, 5.41) is 1.88. The zero-order valence-electron chi connectivity index (χ0n) is 8.76. The zero-order valence-corrected chi connectivity index (χ0v) is 10.4. The first-order valence-corrected chi connectivity index (χ1v) is 7.68. The predicted molar refractivity (Wildman–Crippen MR) is 70.4 cm³/mol. The van der Waals surface area contributed by atoms with Gasteiger partial charge < -0.3 is 0 Å². The second-order valence-electron chi connectivity index (χ2n) is 4.38. The third-order valence-corrected chi connectivity index (χ3v) is 7.02. The molecule has 1 aliphatic heterocycles. The van der Waals surface area contributed by atoms with Crippen LogP contribution in [0, 0.1) is 0 Å². The summed E-state index contributed by atoms with van der Waals surface area (Å²) >= 11 is 4.42. The van der Waals surface area contributed by atoms with Crippen molar-refractivity contribution in [2.75, 3.05) is 0 Å². The molecule has 1 aliphatic carbocycles. The summed E-state index contributed by atoms with van der Waals surface area (Å²) in [4.78, 5) is 0. The lowest BCUT2D eigenvalue weighted by Crippen LogP contribution is -2.19. The predicted octanol–water partition coefficient (Wildman–Crippen LogP) is 4.48. The number of thioether (sulfide) groups is 2. The summed E-state index contributed by atoms with van der Waals surface area (Å²) in [6.45, 7) is 0. The van der Waals surface area contributed by atoms with Gasteiger partial charge in [0.05, 0.1) is 4.58 Å². The van der Waals surface area contributed by atoms with Crippen molar-refractivity contribution in [1.29, 1.82) is 0 Å². The summed E-state index contributed by atoms with van der Waals surface area (Å²) in [5.74, 6) is 0. The van der Waals surface area contributed by atoms with E-state index in [0.29, 0.717) is 4.58 Å². The summed E-state index contributed by atoms with van der Waals surface area (Å²) in [5.41, 5.74) is 1.52. The Labute approximate surface area is 100 Å². The average Bonchev–Trinajstić information content (AvgIpc) is 2.74. The highest BCUT2D eigenvalue weighted by Gasteiger charge is 2.37. The molecule has 15 heavy (non-hydrogen) atoms. The summed E-state index contributed by atoms with van der Waals surface area (Å²) in [6, 6.07) is 11.0. The van der Waals surface area contributed by atoms with Gasteiger partial charge in [0.25, 0.3) is 0 Å². The summed E-state index contributed by atoms with van der Waals surface area (Å²) in [6.07, 6.45) is 5.81. The van der Waals surface area contributed by atoms with Crippen molar-refractivity contribution in [3.05, 3.63) is 35.9 Å². The van der Waals surface area contributed by atoms with Gasteiger partial charge in [-0.05, 0) is 18.4 Å². The summed E-state index contributed by atoms with van der Waals surface area (Å²) < 4.78 is 0.708. The number of hydrogen-bond donors (Lipinski definition) is 0. The highest BCUT2D eigenvalue weighted by Crippen LogP contribution is 2.57. The molecule has 0 bridgehead atoms. The van der Waals surface area contributed by atoms with Crippen LogP contribution in [0.2, 0.25) is 0 Å². The van der Waals surface area contributed by atoms with Gasteiger partial charge in [0.1, 0.15) is 0 Å². The molecule has 0 spiro atoms. The molecule has 1 aromatic rings. The minimum Gasteiger partial charge on any atom is -0.138 e. The van der Waals surface area contributed by atoms with Crippen LogP contribution < -0.4 is 0 Å². The SMILES string of the molecule is c1ccc(C2SC3CCCCC3S2)cc1. The molecule has 1 saturated heterocycles. The van der Waals surface area contributed by atoms with Crippen LogP contribution >= 0.6 is 23.5 Å². The van der Waals surface area contributed by atoms with Crippen LogP contribution in [0.4, 0.5) is 0 Å². The molecule has 0 nitrogen and oxygen atoms in total. The Morgan fingerprint density at radius 1 is 0.867 bits per heavy atom. The van der Waals surface area contributed by atoms with Crippen LogP contribution in [0.3, 0.4) is 0 Å². The van der Waals surface area contributed by atoms with E-state index in [-0.39, 0.29) is 0 Å². The molecular weight excluding hydrogens is 220 g/mol. The van der Waals surface area contributed by atoms with Gasteiger partial charge in [0.15, 0.2) is 0 Å². The Kier molecular flexibility index (Phi) is 2.98. The maximum absolute atomic E-state index is 2.28.